The van der Waals surface area contributed by atoms with E-state index in [2.05, 4.69) is 28.7 Å². The van der Waals surface area contributed by atoms with Gasteiger partial charge < -0.3 is 9.88 Å². The van der Waals surface area contributed by atoms with Crippen molar-refractivity contribution in [2.45, 2.75) is 46.1 Å². The molecule has 1 N–H and O–H groups in total. The second-order valence-corrected chi connectivity index (χ2v) is 5.48. The standard InChI is InChI=1S/C14H23N3O/c1-3-8-17-9-7-16-13(17)10-12(18)14(2)5-4-6-15-11-14/h7,9,15H,3-6,8,10-11H2,1-2H3. The van der Waals surface area contributed by atoms with Gasteiger partial charge in [-0.1, -0.05) is 13.8 Å². The minimum absolute atomic E-state index is 0.207. The number of nitrogens with one attached hydrogen (secondary N) is 1. The quantitative estimate of drug-likeness (QED) is 0.865. The number of hydrogen-bond donors (Lipinski definition) is 1. The van der Waals surface area contributed by atoms with Gasteiger partial charge in [0.15, 0.2) is 0 Å². The van der Waals surface area contributed by atoms with Crippen LogP contribution in [-0.2, 0) is 17.8 Å². The zero-order valence-electron chi connectivity index (χ0n) is 11.4. The number of nitrogens with zero attached hydrogens (tertiary/aromatic N) is 2. The van der Waals surface area contributed by atoms with Crippen molar-refractivity contribution in [2.24, 2.45) is 5.41 Å². The van der Waals surface area contributed by atoms with Gasteiger partial charge >= 0.3 is 0 Å². The number of hydrogen-bond acceptors (Lipinski definition) is 3. The molecule has 1 unspecified atom stereocenters. The monoisotopic (exact) mass is 249 g/mol. The molecule has 0 spiro atoms. The number of aromatic nitrogens is 2. The average Bonchev–Trinajstić information content (AvgIpc) is 2.78. The molecule has 2 heterocycles. The largest absolute Gasteiger partial charge is 0.335 e. The normalized spacial score (nSPS) is 24.1. The first-order valence-electron chi connectivity index (χ1n) is 6.90. The van der Waals surface area contributed by atoms with Crippen molar-refractivity contribution in [1.82, 2.24) is 14.9 Å². The fourth-order valence-electron chi connectivity index (χ4n) is 2.60. The van der Waals surface area contributed by atoms with E-state index < -0.39 is 0 Å². The van der Waals surface area contributed by atoms with Gasteiger partial charge in [0.1, 0.15) is 11.6 Å². The Labute approximate surface area is 109 Å². The summed E-state index contributed by atoms with van der Waals surface area (Å²) in [4.78, 5) is 16.8. The van der Waals surface area contributed by atoms with E-state index in [1.165, 1.54) is 0 Å². The highest BCUT2D eigenvalue weighted by Crippen LogP contribution is 2.27. The third-order valence-electron chi connectivity index (χ3n) is 3.86. The molecule has 0 aromatic carbocycles. The molecule has 18 heavy (non-hydrogen) atoms. The molecular formula is C14H23N3O. The van der Waals surface area contributed by atoms with E-state index in [4.69, 9.17) is 0 Å². The Morgan fingerprint density at radius 1 is 1.61 bits per heavy atom. The molecule has 4 heteroatoms. The van der Waals surface area contributed by atoms with Gasteiger partial charge in [-0.3, -0.25) is 4.79 Å². The van der Waals surface area contributed by atoms with Gasteiger partial charge in [0, 0.05) is 30.9 Å². The third-order valence-corrected chi connectivity index (χ3v) is 3.86. The summed E-state index contributed by atoms with van der Waals surface area (Å²) in [7, 11) is 0. The van der Waals surface area contributed by atoms with Crippen molar-refractivity contribution in [3.8, 4) is 0 Å². The van der Waals surface area contributed by atoms with Crippen LogP contribution in [0.25, 0.3) is 0 Å². The molecule has 100 valence electrons. The molecule has 1 saturated heterocycles. The number of Topliss-reactive ketones (excluding diaryl/α,β-unsaturated/α-hetero) is 1. The lowest BCUT2D eigenvalue weighted by atomic mass is 9.77. The van der Waals surface area contributed by atoms with E-state index in [9.17, 15) is 4.79 Å². The van der Waals surface area contributed by atoms with Crippen LogP contribution in [0.1, 0.15) is 38.9 Å². The molecule has 1 aromatic rings. The predicted molar refractivity (Wildman–Crippen MR) is 71.4 cm³/mol. The highest BCUT2D eigenvalue weighted by molar-refractivity contribution is 5.86. The molecule has 0 amide bonds. The van der Waals surface area contributed by atoms with Crippen molar-refractivity contribution in [1.29, 1.82) is 0 Å². The molecule has 0 radical (unpaired) electrons. The molecular weight excluding hydrogens is 226 g/mol. The van der Waals surface area contributed by atoms with E-state index in [1.807, 2.05) is 6.20 Å². The summed E-state index contributed by atoms with van der Waals surface area (Å²) in [6.07, 6.45) is 7.37. The van der Waals surface area contributed by atoms with Crippen LogP contribution < -0.4 is 5.32 Å². The summed E-state index contributed by atoms with van der Waals surface area (Å²) in [6, 6.07) is 0. The fraction of sp³-hybridized carbons (Fsp3) is 0.714. The number of piperidine rings is 1. The summed E-state index contributed by atoms with van der Waals surface area (Å²) >= 11 is 0. The number of imidazole rings is 1. The smallest absolute Gasteiger partial charge is 0.147 e. The van der Waals surface area contributed by atoms with Crippen molar-refractivity contribution in [3.63, 3.8) is 0 Å². The molecule has 0 saturated carbocycles. The Bertz CT molecular complexity index is 405. The molecule has 1 aromatic heterocycles. The van der Waals surface area contributed by atoms with Crippen LogP contribution in [0.2, 0.25) is 0 Å². The molecule has 0 aliphatic carbocycles. The molecule has 1 aliphatic rings. The van der Waals surface area contributed by atoms with Crippen LogP contribution in [0, 0.1) is 5.41 Å². The Balaban J connectivity index is 2.03. The number of carbonyl (C=O) groups is 1. The SMILES string of the molecule is CCCn1ccnc1CC(=O)C1(C)CCCNC1. The van der Waals surface area contributed by atoms with Gasteiger partial charge in [-0.05, 0) is 25.8 Å². The van der Waals surface area contributed by atoms with E-state index in [-0.39, 0.29) is 5.41 Å². The molecule has 1 fully saturated rings. The van der Waals surface area contributed by atoms with Crippen LogP contribution in [0.15, 0.2) is 12.4 Å². The second kappa shape index (κ2) is 5.65. The van der Waals surface area contributed by atoms with Crippen LogP contribution in [0.4, 0.5) is 0 Å². The van der Waals surface area contributed by atoms with Gasteiger partial charge in [-0.2, -0.15) is 0 Å². The van der Waals surface area contributed by atoms with E-state index in [0.717, 1.165) is 44.7 Å². The molecule has 0 bridgehead atoms. The van der Waals surface area contributed by atoms with Gasteiger partial charge in [0.25, 0.3) is 0 Å². The lowest BCUT2D eigenvalue weighted by Crippen LogP contribution is -2.44. The van der Waals surface area contributed by atoms with E-state index in [1.54, 1.807) is 6.20 Å². The maximum atomic E-state index is 12.5. The first kappa shape index (κ1) is 13.3. The second-order valence-electron chi connectivity index (χ2n) is 5.48. The van der Waals surface area contributed by atoms with E-state index in [0.29, 0.717) is 12.2 Å². The summed E-state index contributed by atoms with van der Waals surface area (Å²) in [6.45, 7) is 7.00. The lowest BCUT2D eigenvalue weighted by molar-refractivity contribution is -0.128. The topological polar surface area (TPSA) is 46.9 Å². The minimum Gasteiger partial charge on any atom is -0.335 e. The van der Waals surface area contributed by atoms with Crippen LogP contribution >= 0.6 is 0 Å². The molecule has 2 rings (SSSR count). The van der Waals surface area contributed by atoms with Crippen molar-refractivity contribution >= 4 is 5.78 Å². The summed E-state index contributed by atoms with van der Waals surface area (Å²) < 4.78 is 2.09. The Kier molecular flexibility index (Phi) is 4.17. The average molecular weight is 249 g/mol. The van der Waals surface area contributed by atoms with Crippen molar-refractivity contribution in [2.75, 3.05) is 13.1 Å². The first-order valence-corrected chi connectivity index (χ1v) is 6.90. The Morgan fingerprint density at radius 3 is 3.11 bits per heavy atom. The zero-order valence-corrected chi connectivity index (χ0v) is 11.4. The highest BCUT2D eigenvalue weighted by Gasteiger charge is 2.34. The molecule has 1 aliphatic heterocycles. The van der Waals surface area contributed by atoms with Crippen molar-refractivity contribution in [3.05, 3.63) is 18.2 Å². The van der Waals surface area contributed by atoms with Gasteiger partial charge in [-0.25, -0.2) is 4.98 Å². The third kappa shape index (κ3) is 2.80. The fourth-order valence-corrected chi connectivity index (χ4v) is 2.60. The van der Waals surface area contributed by atoms with E-state index >= 15 is 0 Å². The van der Waals surface area contributed by atoms with Crippen LogP contribution in [0.5, 0.6) is 0 Å². The minimum atomic E-state index is -0.207. The van der Waals surface area contributed by atoms with Crippen LogP contribution in [-0.4, -0.2) is 28.4 Å². The lowest BCUT2D eigenvalue weighted by Gasteiger charge is -2.32. The number of ketones is 1. The number of rotatable bonds is 5. The van der Waals surface area contributed by atoms with Gasteiger partial charge in [0.2, 0.25) is 0 Å². The number of aryl methyl sites for hydroxylation is 1. The van der Waals surface area contributed by atoms with Crippen molar-refractivity contribution < 1.29 is 4.79 Å². The Morgan fingerprint density at radius 2 is 2.44 bits per heavy atom. The number of carbonyl (C=O) groups excluding carboxylic acids is 1. The maximum Gasteiger partial charge on any atom is 0.147 e. The van der Waals surface area contributed by atoms with Gasteiger partial charge in [0.05, 0.1) is 6.42 Å². The van der Waals surface area contributed by atoms with Gasteiger partial charge in [-0.15, -0.1) is 0 Å². The van der Waals surface area contributed by atoms with Crippen LogP contribution in [0.3, 0.4) is 0 Å². The first-order chi connectivity index (χ1) is 8.65. The predicted octanol–water partition coefficient (Wildman–Crippen LogP) is 1.79. The summed E-state index contributed by atoms with van der Waals surface area (Å²) in [5.41, 5.74) is -0.207. The zero-order chi connectivity index (χ0) is 13.0. The molecule has 1 atom stereocenters. The maximum absolute atomic E-state index is 12.5. The Hall–Kier alpha value is -1.16. The highest BCUT2D eigenvalue weighted by atomic mass is 16.1. The molecule has 4 nitrogen and oxygen atoms in total. The summed E-state index contributed by atoms with van der Waals surface area (Å²) in [5, 5.41) is 3.33. The summed E-state index contributed by atoms with van der Waals surface area (Å²) in [5.74, 6) is 1.23.